The number of rotatable bonds is 4. The van der Waals surface area contributed by atoms with Crippen molar-refractivity contribution in [1.29, 1.82) is 0 Å². The van der Waals surface area contributed by atoms with Gasteiger partial charge in [-0.05, 0) is 12.5 Å². The number of hydrogen-bond donors (Lipinski definition) is 1. The van der Waals surface area contributed by atoms with E-state index in [9.17, 15) is 18.0 Å². The van der Waals surface area contributed by atoms with Crippen LogP contribution in [0.2, 0.25) is 0 Å². The van der Waals surface area contributed by atoms with Gasteiger partial charge in [-0.2, -0.15) is 13.2 Å². The Hall–Kier alpha value is -1.52. The number of carbonyl (C=O) groups is 1. The van der Waals surface area contributed by atoms with Crippen molar-refractivity contribution < 1.29 is 23.1 Å². The largest absolute Gasteiger partial charge is 0.406 e. The zero-order valence-corrected chi connectivity index (χ0v) is 11.6. The molecule has 1 aromatic heterocycles. The van der Waals surface area contributed by atoms with Gasteiger partial charge in [-0.1, -0.05) is 18.8 Å². The molecule has 0 bridgehead atoms. The fourth-order valence-corrected chi connectivity index (χ4v) is 2.31. The summed E-state index contributed by atoms with van der Waals surface area (Å²) in [5.74, 6) is 4.38. The third kappa shape index (κ3) is 5.23. The Morgan fingerprint density at radius 3 is 2.75 bits per heavy atom. The van der Waals surface area contributed by atoms with E-state index in [0.717, 1.165) is 16.2 Å². The van der Waals surface area contributed by atoms with Crippen LogP contribution in [0.4, 0.5) is 13.2 Å². The lowest BCUT2D eigenvalue weighted by atomic mass is 10.2. The number of amides is 1. The van der Waals surface area contributed by atoms with Crippen LogP contribution in [0.1, 0.15) is 28.6 Å². The summed E-state index contributed by atoms with van der Waals surface area (Å²) in [6, 6.07) is 1.44. The lowest BCUT2D eigenvalue weighted by Crippen LogP contribution is -2.39. The molecule has 0 atom stereocenters. The number of carbonyl (C=O) groups excluding carboxylic acids is 1. The second-order valence-corrected chi connectivity index (χ2v) is 4.91. The average Bonchev–Trinajstić information content (AvgIpc) is 2.82. The highest BCUT2D eigenvalue weighted by Gasteiger charge is 2.33. The van der Waals surface area contributed by atoms with E-state index < -0.39 is 18.6 Å². The zero-order chi connectivity index (χ0) is 15.2. The molecule has 0 saturated carbocycles. The molecule has 0 aliphatic heterocycles. The van der Waals surface area contributed by atoms with Crippen molar-refractivity contribution in [1.82, 2.24) is 4.90 Å². The molecule has 7 heteroatoms. The molecule has 0 aromatic carbocycles. The minimum Gasteiger partial charge on any atom is -0.384 e. The Kier molecular flexibility index (Phi) is 6.05. The molecule has 1 amide bonds. The molecule has 0 fully saturated rings. The van der Waals surface area contributed by atoms with Gasteiger partial charge >= 0.3 is 6.18 Å². The highest BCUT2D eigenvalue weighted by atomic mass is 32.1. The summed E-state index contributed by atoms with van der Waals surface area (Å²) in [6.45, 7) is 0.193. The average molecular weight is 305 g/mol. The maximum Gasteiger partial charge on any atom is 0.406 e. The van der Waals surface area contributed by atoms with E-state index in [2.05, 4.69) is 11.8 Å². The fraction of sp³-hybridized carbons (Fsp3) is 0.462. The molecule has 1 heterocycles. The van der Waals surface area contributed by atoms with Gasteiger partial charge in [-0.15, -0.1) is 11.3 Å². The standard InChI is InChI=1S/C13H14F3NO2S/c1-2-5-17(9-13(14,15)16)12(19)10-7-11(20-8-10)4-3-6-18/h7-8,18H,2,5-6,9H2,1H3. The number of halogens is 3. The predicted octanol–water partition coefficient (Wildman–Crippen LogP) is 2.51. The molecule has 1 rings (SSSR count). The van der Waals surface area contributed by atoms with E-state index in [1.165, 1.54) is 11.4 Å². The van der Waals surface area contributed by atoms with Crippen LogP contribution in [-0.2, 0) is 0 Å². The van der Waals surface area contributed by atoms with Crippen LogP contribution < -0.4 is 0 Å². The third-order valence-electron chi connectivity index (χ3n) is 2.29. The molecule has 0 aliphatic rings. The summed E-state index contributed by atoms with van der Waals surface area (Å²) in [7, 11) is 0. The lowest BCUT2D eigenvalue weighted by Gasteiger charge is -2.22. The smallest absolute Gasteiger partial charge is 0.384 e. The maximum atomic E-state index is 12.4. The number of alkyl halides is 3. The monoisotopic (exact) mass is 305 g/mol. The quantitative estimate of drug-likeness (QED) is 0.868. The molecule has 0 saturated heterocycles. The van der Waals surface area contributed by atoms with Gasteiger partial charge in [-0.25, -0.2) is 0 Å². The van der Waals surface area contributed by atoms with E-state index in [0.29, 0.717) is 11.3 Å². The topological polar surface area (TPSA) is 40.5 Å². The maximum absolute atomic E-state index is 12.4. The lowest BCUT2D eigenvalue weighted by molar-refractivity contribution is -0.140. The van der Waals surface area contributed by atoms with Crippen molar-refractivity contribution in [3.8, 4) is 11.8 Å². The van der Waals surface area contributed by atoms with E-state index in [1.54, 1.807) is 6.92 Å². The summed E-state index contributed by atoms with van der Waals surface area (Å²) in [5.41, 5.74) is 0.190. The number of aliphatic hydroxyl groups is 1. The highest BCUT2D eigenvalue weighted by Crippen LogP contribution is 2.20. The van der Waals surface area contributed by atoms with Crippen molar-refractivity contribution in [2.24, 2.45) is 0 Å². The minimum atomic E-state index is -4.42. The SMILES string of the molecule is CCCN(CC(F)(F)F)C(=O)c1csc(C#CCO)c1. The summed E-state index contributed by atoms with van der Waals surface area (Å²) in [6.07, 6.45) is -3.97. The van der Waals surface area contributed by atoms with Gasteiger partial charge in [0.2, 0.25) is 0 Å². The first kappa shape index (κ1) is 16.5. The molecule has 3 nitrogen and oxygen atoms in total. The van der Waals surface area contributed by atoms with Crippen LogP contribution in [0.3, 0.4) is 0 Å². The first-order chi connectivity index (χ1) is 9.37. The summed E-state index contributed by atoms with van der Waals surface area (Å²) < 4.78 is 37.3. The fourth-order valence-electron chi connectivity index (χ4n) is 1.56. The van der Waals surface area contributed by atoms with E-state index in [4.69, 9.17) is 5.11 Å². The van der Waals surface area contributed by atoms with Crippen molar-refractivity contribution >= 4 is 17.2 Å². The summed E-state index contributed by atoms with van der Waals surface area (Å²) in [4.78, 5) is 13.4. The first-order valence-electron chi connectivity index (χ1n) is 5.91. The highest BCUT2D eigenvalue weighted by molar-refractivity contribution is 7.10. The van der Waals surface area contributed by atoms with Crippen LogP contribution in [0, 0.1) is 11.8 Å². The molecule has 0 spiro atoms. The Bertz CT molecular complexity index is 514. The zero-order valence-electron chi connectivity index (χ0n) is 10.8. The van der Waals surface area contributed by atoms with Gasteiger partial charge in [0.15, 0.2) is 0 Å². The molecule has 0 radical (unpaired) electrons. The van der Waals surface area contributed by atoms with Crippen LogP contribution >= 0.6 is 11.3 Å². The second-order valence-electron chi connectivity index (χ2n) is 4.00. The van der Waals surface area contributed by atoms with Gasteiger partial charge in [-0.3, -0.25) is 4.79 Å². The van der Waals surface area contributed by atoms with Crippen molar-refractivity contribution in [3.63, 3.8) is 0 Å². The number of aliphatic hydroxyl groups excluding tert-OH is 1. The van der Waals surface area contributed by atoms with Crippen LogP contribution in [0.25, 0.3) is 0 Å². The van der Waals surface area contributed by atoms with Gasteiger partial charge in [0.1, 0.15) is 13.2 Å². The van der Waals surface area contributed by atoms with Crippen LogP contribution in [-0.4, -0.2) is 41.8 Å². The number of thiophene rings is 1. The Balaban J connectivity index is 2.86. The third-order valence-corrected chi connectivity index (χ3v) is 3.13. The molecule has 1 N–H and O–H groups in total. The van der Waals surface area contributed by atoms with E-state index in [-0.39, 0.29) is 18.7 Å². The van der Waals surface area contributed by atoms with Crippen molar-refractivity contribution in [3.05, 3.63) is 21.9 Å². The van der Waals surface area contributed by atoms with Gasteiger partial charge in [0.05, 0.1) is 10.4 Å². The van der Waals surface area contributed by atoms with E-state index in [1.807, 2.05) is 0 Å². The molecule has 0 unspecified atom stereocenters. The Morgan fingerprint density at radius 2 is 2.20 bits per heavy atom. The van der Waals surface area contributed by atoms with Crippen LogP contribution in [0.15, 0.2) is 11.4 Å². The van der Waals surface area contributed by atoms with Gasteiger partial charge in [0, 0.05) is 11.9 Å². The summed E-state index contributed by atoms with van der Waals surface area (Å²) >= 11 is 1.16. The predicted molar refractivity (Wildman–Crippen MR) is 70.5 cm³/mol. The molecule has 0 aliphatic carbocycles. The number of hydrogen-bond acceptors (Lipinski definition) is 3. The molecular weight excluding hydrogens is 291 g/mol. The summed E-state index contributed by atoms with van der Waals surface area (Å²) in [5, 5.41) is 10.0. The van der Waals surface area contributed by atoms with Gasteiger partial charge in [0.25, 0.3) is 5.91 Å². The molecular formula is C13H14F3NO2S. The Morgan fingerprint density at radius 1 is 1.50 bits per heavy atom. The van der Waals surface area contributed by atoms with Crippen LogP contribution in [0.5, 0.6) is 0 Å². The molecule has 1 aromatic rings. The minimum absolute atomic E-state index is 0.0475. The van der Waals surface area contributed by atoms with E-state index >= 15 is 0 Å². The first-order valence-corrected chi connectivity index (χ1v) is 6.79. The van der Waals surface area contributed by atoms with Gasteiger partial charge < -0.3 is 10.0 Å². The normalized spacial score (nSPS) is 10.8. The Labute approximate surface area is 119 Å². The van der Waals surface area contributed by atoms with Crippen molar-refractivity contribution in [2.75, 3.05) is 19.7 Å². The number of nitrogens with zero attached hydrogens (tertiary/aromatic N) is 1. The van der Waals surface area contributed by atoms with Crippen molar-refractivity contribution in [2.45, 2.75) is 19.5 Å². The second kappa shape index (κ2) is 7.31. The molecule has 110 valence electrons. The molecule has 20 heavy (non-hydrogen) atoms.